The van der Waals surface area contributed by atoms with Gasteiger partial charge in [-0.3, -0.25) is 19.2 Å². The van der Waals surface area contributed by atoms with Crippen molar-refractivity contribution in [3.63, 3.8) is 0 Å². The van der Waals surface area contributed by atoms with Gasteiger partial charge in [-0.2, -0.15) is 0 Å². The summed E-state index contributed by atoms with van der Waals surface area (Å²) in [6.07, 6.45) is -8.16. The summed E-state index contributed by atoms with van der Waals surface area (Å²) in [4.78, 5) is 69.0. The van der Waals surface area contributed by atoms with E-state index in [1.807, 2.05) is 0 Å². The van der Waals surface area contributed by atoms with E-state index in [0.29, 0.717) is 25.7 Å². The fourth-order valence-electron chi connectivity index (χ4n) is 6.05. The van der Waals surface area contributed by atoms with Crippen LogP contribution in [0.3, 0.4) is 0 Å². The number of aliphatic hydroxyl groups excluding tert-OH is 7. The number of rotatable bonds is 29. The van der Waals surface area contributed by atoms with Crippen LogP contribution in [0.4, 0.5) is 0 Å². The quantitative estimate of drug-likeness (QED) is 0.0252. The van der Waals surface area contributed by atoms with Crippen molar-refractivity contribution >= 4 is 60.2 Å². The Hall–Kier alpha value is -1.42. The zero-order chi connectivity index (χ0) is 45.8. The molecule has 0 aromatic rings. The van der Waals surface area contributed by atoms with Gasteiger partial charge in [0.1, 0.15) is 48.7 Å². The van der Waals surface area contributed by atoms with Crippen LogP contribution in [0.1, 0.15) is 58.8 Å². The van der Waals surface area contributed by atoms with E-state index >= 15 is 0 Å². The highest BCUT2D eigenvalue weighted by molar-refractivity contribution is 8.18. The van der Waals surface area contributed by atoms with Gasteiger partial charge < -0.3 is 94.8 Å². The molecule has 27 heteroatoms. The molecule has 23 nitrogen and oxygen atoms in total. The van der Waals surface area contributed by atoms with E-state index in [4.69, 9.17) is 51.6 Å². The molecule has 2 fully saturated rings. The molecule has 2 aliphatic rings. The molecule has 356 valence electrons. The van der Waals surface area contributed by atoms with Gasteiger partial charge in [0, 0.05) is 65.5 Å². The molecular weight excluding hydrogens is 894 g/mol. The SMILES string of the molecule is CC(=O)NC1[C@H](OCCCCC(=O)NCCCOP(O)(=S)CP(O)(=S)OCC(CO)CNC(=O)CCCCO[C@@H]2OC(CO)[C@H](O)[C@H](O)C2NC(C)=O)OC(CO)[C@H](O)[C@@H]1O. The molecule has 0 saturated carbocycles. The van der Waals surface area contributed by atoms with E-state index in [2.05, 4.69) is 21.3 Å². The maximum absolute atomic E-state index is 12.4. The summed E-state index contributed by atoms with van der Waals surface area (Å²) in [5, 5.41) is 79.8. The van der Waals surface area contributed by atoms with Crippen molar-refractivity contribution in [2.45, 2.75) is 120 Å². The summed E-state index contributed by atoms with van der Waals surface area (Å²) in [7, 11) is 0. The lowest BCUT2D eigenvalue weighted by Crippen LogP contribution is -2.64. The van der Waals surface area contributed by atoms with Gasteiger partial charge in [-0.15, -0.1) is 0 Å². The average molecular weight is 959 g/mol. The van der Waals surface area contributed by atoms with Crippen molar-refractivity contribution in [3.05, 3.63) is 0 Å². The first-order valence-corrected chi connectivity index (χ1v) is 25.5. The second kappa shape index (κ2) is 28.5. The molecule has 13 atom stereocenters. The number of aliphatic hydroxyl groups is 7. The maximum atomic E-state index is 12.4. The van der Waals surface area contributed by atoms with Crippen LogP contribution >= 0.6 is 13.0 Å². The first-order chi connectivity index (χ1) is 28.7. The zero-order valence-electron chi connectivity index (χ0n) is 34.2. The molecule has 61 heavy (non-hydrogen) atoms. The molecule has 2 rings (SSSR count). The van der Waals surface area contributed by atoms with Gasteiger partial charge in [-0.25, -0.2) is 0 Å². The molecule has 2 heterocycles. The van der Waals surface area contributed by atoms with Gasteiger partial charge >= 0.3 is 0 Å². The summed E-state index contributed by atoms with van der Waals surface area (Å²) >= 11 is 10.3. The Labute approximate surface area is 364 Å². The Morgan fingerprint density at radius 2 is 1.11 bits per heavy atom. The first-order valence-electron chi connectivity index (χ1n) is 19.8. The smallest absolute Gasteiger partial charge is 0.220 e. The minimum atomic E-state index is -3.66. The van der Waals surface area contributed by atoms with E-state index < -0.39 is 118 Å². The number of ether oxygens (including phenoxy) is 4. The van der Waals surface area contributed by atoms with Crippen LogP contribution in [0.2, 0.25) is 0 Å². The van der Waals surface area contributed by atoms with Gasteiger partial charge in [-0.05, 0) is 55.7 Å². The molecular formula is C34H64N4O19P2S2. The van der Waals surface area contributed by atoms with E-state index in [-0.39, 0.29) is 70.6 Å². The molecule has 0 bridgehead atoms. The Morgan fingerprint density at radius 3 is 1.56 bits per heavy atom. The normalized spacial score (nSPS) is 29.1. The van der Waals surface area contributed by atoms with Crippen molar-refractivity contribution in [3.8, 4) is 0 Å². The first kappa shape index (κ1) is 55.7. The summed E-state index contributed by atoms with van der Waals surface area (Å²) < 4.78 is 33.1. The lowest BCUT2D eigenvalue weighted by molar-refractivity contribution is -0.270. The van der Waals surface area contributed by atoms with E-state index in [9.17, 15) is 64.7 Å². The van der Waals surface area contributed by atoms with Gasteiger partial charge in [0.25, 0.3) is 0 Å². The molecule has 7 unspecified atom stereocenters. The van der Waals surface area contributed by atoms with Crippen LogP contribution in [-0.2, 0) is 70.8 Å². The third kappa shape index (κ3) is 21.0. The topological polar surface area (TPSA) is 354 Å². The highest BCUT2D eigenvalue weighted by Crippen LogP contribution is 2.58. The van der Waals surface area contributed by atoms with Gasteiger partial charge in [-0.1, -0.05) is 0 Å². The van der Waals surface area contributed by atoms with Gasteiger partial charge in [0.15, 0.2) is 25.6 Å². The van der Waals surface area contributed by atoms with Crippen LogP contribution in [0, 0.1) is 5.92 Å². The van der Waals surface area contributed by atoms with Gasteiger partial charge in [0.2, 0.25) is 23.6 Å². The molecule has 0 aliphatic carbocycles. The molecule has 13 N–H and O–H groups in total. The standard InChI is InChI=1S/C34H64N4O19P2S2/c1-20(42)37-27-31(48)29(46)23(16-40)56-33(27)52-11-5-3-8-25(44)35-10-7-13-54-58(50,60)19-59(51,61)55-18-22(15-39)14-36-26(45)9-4-6-12-53-34-28(38-21(2)43)32(49)30(47)24(17-41)57-34/h22-24,27-34,39-41,46-49H,3-19H2,1-2H3,(H,35,44)(H,36,45)(H,37,42)(H,38,43)(H,50,60)(H,51,61)/t22?,23?,24?,27?,28?,29-,30-,31+,32+,33+,34+,58?,59?/m0/s1. The Morgan fingerprint density at radius 1 is 0.656 bits per heavy atom. The van der Waals surface area contributed by atoms with Crippen molar-refractivity contribution < 1.29 is 92.7 Å². The molecule has 2 aliphatic heterocycles. The van der Waals surface area contributed by atoms with Crippen LogP contribution < -0.4 is 21.3 Å². The number of hydrogen-bond acceptors (Lipinski definition) is 19. The summed E-state index contributed by atoms with van der Waals surface area (Å²) in [5.41, 5.74) is 0. The van der Waals surface area contributed by atoms with Crippen molar-refractivity contribution in [2.75, 3.05) is 65.2 Å². The molecule has 0 aromatic heterocycles. The lowest BCUT2D eigenvalue weighted by Gasteiger charge is -2.42. The predicted molar refractivity (Wildman–Crippen MR) is 221 cm³/mol. The van der Waals surface area contributed by atoms with Crippen LogP contribution in [0.25, 0.3) is 0 Å². The van der Waals surface area contributed by atoms with Crippen molar-refractivity contribution in [1.82, 2.24) is 21.3 Å². The lowest BCUT2D eigenvalue weighted by atomic mass is 9.97. The Bertz CT molecular complexity index is 1460. The molecule has 0 aromatic carbocycles. The molecule has 0 radical (unpaired) electrons. The fraction of sp³-hybridized carbons (Fsp3) is 0.882. The highest BCUT2D eigenvalue weighted by Gasteiger charge is 2.46. The third-order valence-corrected chi connectivity index (χ3v) is 16.0. The Balaban J connectivity index is 1.60. The van der Waals surface area contributed by atoms with Crippen LogP contribution in [-0.4, -0.2) is 196 Å². The molecule has 0 spiro atoms. The van der Waals surface area contributed by atoms with E-state index in [1.54, 1.807) is 0 Å². The van der Waals surface area contributed by atoms with Crippen LogP contribution in [0.5, 0.6) is 0 Å². The predicted octanol–water partition coefficient (Wildman–Crippen LogP) is -3.93. The second-order valence-corrected chi connectivity index (χ2v) is 22.2. The van der Waals surface area contributed by atoms with E-state index in [1.165, 1.54) is 13.8 Å². The Kier molecular flexibility index (Phi) is 26.0. The number of nitrogens with one attached hydrogen (secondary N) is 4. The number of hydrogen-bond donors (Lipinski definition) is 13. The van der Waals surface area contributed by atoms with Crippen LogP contribution in [0.15, 0.2) is 0 Å². The number of carbonyl (C=O) groups excluding carboxylic acids is 4. The summed E-state index contributed by atoms with van der Waals surface area (Å²) in [6.45, 7) is -6.33. The fourth-order valence-corrected chi connectivity index (χ4v) is 13.2. The third-order valence-electron chi connectivity index (χ3n) is 9.31. The second-order valence-electron chi connectivity index (χ2n) is 14.6. The number of unbranched alkanes of at least 4 members (excludes halogenated alkanes) is 2. The minimum Gasteiger partial charge on any atom is -0.396 e. The number of carbonyl (C=O) groups is 4. The van der Waals surface area contributed by atoms with E-state index in [0.717, 1.165) is 0 Å². The highest BCUT2D eigenvalue weighted by atomic mass is 32.5. The summed E-state index contributed by atoms with van der Waals surface area (Å²) in [6, 6.07) is -2.15. The monoisotopic (exact) mass is 958 g/mol. The largest absolute Gasteiger partial charge is 0.396 e. The summed E-state index contributed by atoms with van der Waals surface area (Å²) in [5.74, 6) is -2.74. The van der Waals surface area contributed by atoms with Crippen molar-refractivity contribution in [2.24, 2.45) is 5.92 Å². The minimum absolute atomic E-state index is 0.0140. The zero-order valence-corrected chi connectivity index (χ0v) is 37.6. The molecule has 2 saturated heterocycles. The average Bonchev–Trinajstić information content (AvgIpc) is 3.18. The van der Waals surface area contributed by atoms with Gasteiger partial charge in [0.05, 0.1) is 32.3 Å². The maximum Gasteiger partial charge on any atom is 0.220 e. The number of amides is 4. The van der Waals surface area contributed by atoms with Crippen molar-refractivity contribution in [1.29, 1.82) is 0 Å². The molecule has 4 amide bonds.